The lowest BCUT2D eigenvalue weighted by atomic mass is 10.00. The molecule has 3 nitrogen and oxygen atoms in total. The highest BCUT2D eigenvalue weighted by Crippen LogP contribution is 2.33. The lowest BCUT2D eigenvalue weighted by molar-refractivity contribution is 0.882. The number of hydrogen-bond acceptors (Lipinski definition) is 4. The van der Waals surface area contributed by atoms with E-state index < -0.39 is 0 Å². The van der Waals surface area contributed by atoms with E-state index in [0.29, 0.717) is 0 Å². The lowest BCUT2D eigenvalue weighted by Gasteiger charge is -2.08. The molecule has 0 fully saturated rings. The van der Waals surface area contributed by atoms with Crippen molar-refractivity contribution < 1.29 is 0 Å². The van der Waals surface area contributed by atoms with Crippen molar-refractivity contribution in [2.75, 3.05) is 5.75 Å². The SMILES string of the molecule is CCCSc1nnc2c3ccccc3c3ccccc3c2n1. The van der Waals surface area contributed by atoms with E-state index in [1.54, 1.807) is 11.8 Å². The molecule has 3 aromatic carbocycles. The van der Waals surface area contributed by atoms with Crippen LogP contribution in [-0.2, 0) is 0 Å². The molecule has 0 radical (unpaired) electrons. The van der Waals surface area contributed by atoms with E-state index in [-0.39, 0.29) is 0 Å². The van der Waals surface area contributed by atoms with E-state index in [0.717, 1.165) is 39.1 Å². The molecule has 0 N–H and O–H groups in total. The smallest absolute Gasteiger partial charge is 0.209 e. The highest BCUT2D eigenvalue weighted by atomic mass is 32.2. The van der Waals surface area contributed by atoms with Crippen LogP contribution >= 0.6 is 11.8 Å². The fourth-order valence-electron chi connectivity index (χ4n) is 2.78. The number of thioether (sulfide) groups is 1. The van der Waals surface area contributed by atoms with Gasteiger partial charge < -0.3 is 0 Å². The van der Waals surface area contributed by atoms with Crippen LogP contribution in [0.15, 0.2) is 53.7 Å². The topological polar surface area (TPSA) is 38.7 Å². The maximum atomic E-state index is 4.78. The summed E-state index contributed by atoms with van der Waals surface area (Å²) in [6.45, 7) is 2.16. The minimum absolute atomic E-state index is 0.759. The molecular formula is C18H15N3S. The van der Waals surface area contributed by atoms with E-state index in [4.69, 9.17) is 4.98 Å². The van der Waals surface area contributed by atoms with Gasteiger partial charge in [-0.1, -0.05) is 67.2 Å². The summed E-state index contributed by atoms with van der Waals surface area (Å²) in [5.74, 6) is 1.01. The summed E-state index contributed by atoms with van der Waals surface area (Å²) in [5, 5.41) is 14.2. The molecule has 0 unspecified atom stereocenters. The molecule has 0 atom stereocenters. The Hall–Kier alpha value is -2.20. The second kappa shape index (κ2) is 5.54. The van der Waals surface area contributed by atoms with Crippen molar-refractivity contribution in [1.82, 2.24) is 15.2 Å². The quantitative estimate of drug-likeness (QED) is 0.401. The predicted molar refractivity (Wildman–Crippen MR) is 93.4 cm³/mol. The highest BCUT2D eigenvalue weighted by molar-refractivity contribution is 7.99. The van der Waals surface area contributed by atoms with Gasteiger partial charge >= 0.3 is 0 Å². The van der Waals surface area contributed by atoms with Gasteiger partial charge in [0.15, 0.2) is 0 Å². The zero-order valence-corrected chi connectivity index (χ0v) is 13.1. The molecule has 4 rings (SSSR count). The molecule has 0 aliphatic heterocycles. The Bertz CT molecular complexity index is 946. The summed E-state index contributed by atoms with van der Waals surface area (Å²) in [7, 11) is 0. The summed E-state index contributed by atoms with van der Waals surface area (Å²) in [6.07, 6.45) is 1.10. The van der Waals surface area contributed by atoms with Crippen molar-refractivity contribution in [3.05, 3.63) is 48.5 Å². The van der Waals surface area contributed by atoms with Crippen molar-refractivity contribution >= 4 is 44.3 Å². The molecule has 0 aliphatic rings. The molecule has 1 heterocycles. The zero-order valence-electron chi connectivity index (χ0n) is 12.3. The van der Waals surface area contributed by atoms with Crippen LogP contribution in [0.3, 0.4) is 0 Å². The first-order chi connectivity index (χ1) is 10.9. The number of aromatic nitrogens is 3. The van der Waals surface area contributed by atoms with E-state index in [2.05, 4.69) is 59.6 Å². The van der Waals surface area contributed by atoms with E-state index in [9.17, 15) is 0 Å². The standard InChI is InChI=1S/C18H15N3S/c1-2-11-22-18-19-16-14-9-5-3-7-12(14)13-8-4-6-10-15(13)17(16)20-21-18/h3-10H,2,11H2,1H3. The molecular weight excluding hydrogens is 290 g/mol. The first-order valence-electron chi connectivity index (χ1n) is 7.45. The third-order valence-electron chi connectivity index (χ3n) is 3.76. The second-order valence-electron chi connectivity index (χ2n) is 5.23. The average Bonchev–Trinajstić information content (AvgIpc) is 2.60. The third kappa shape index (κ3) is 2.11. The molecule has 0 spiro atoms. The number of fused-ring (bicyclic) bond motifs is 6. The van der Waals surface area contributed by atoms with Crippen molar-refractivity contribution in [1.29, 1.82) is 0 Å². The molecule has 0 aliphatic carbocycles. The van der Waals surface area contributed by atoms with Crippen LogP contribution in [0.5, 0.6) is 0 Å². The van der Waals surface area contributed by atoms with E-state index in [1.165, 1.54) is 10.8 Å². The monoisotopic (exact) mass is 305 g/mol. The Morgan fingerprint density at radius 1 is 0.773 bits per heavy atom. The predicted octanol–water partition coefficient (Wildman–Crippen LogP) is 4.83. The Morgan fingerprint density at radius 2 is 1.36 bits per heavy atom. The molecule has 0 saturated heterocycles. The summed E-state index contributed by atoms with van der Waals surface area (Å²) < 4.78 is 0. The van der Waals surface area contributed by atoms with Gasteiger partial charge in [-0.15, -0.1) is 10.2 Å². The van der Waals surface area contributed by atoms with Crippen molar-refractivity contribution in [3.63, 3.8) is 0 Å². The molecule has 108 valence electrons. The van der Waals surface area contributed by atoms with Crippen LogP contribution in [0, 0.1) is 0 Å². The minimum atomic E-state index is 0.759. The van der Waals surface area contributed by atoms with Gasteiger partial charge in [0.25, 0.3) is 0 Å². The Balaban J connectivity index is 2.12. The Kier molecular flexibility index (Phi) is 3.39. The summed E-state index contributed by atoms with van der Waals surface area (Å²) in [6, 6.07) is 16.7. The summed E-state index contributed by atoms with van der Waals surface area (Å²) in [5.41, 5.74) is 1.83. The second-order valence-corrected chi connectivity index (χ2v) is 6.29. The van der Waals surface area contributed by atoms with Gasteiger partial charge in [-0.05, 0) is 17.2 Å². The van der Waals surface area contributed by atoms with Crippen LogP contribution in [0.4, 0.5) is 0 Å². The zero-order chi connectivity index (χ0) is 14.9. The Labute approximate surface area is 132 Å². The molecule has 4 heteroatoms. The highest BCUT2D eigenvalue weighted by Gasteiger charge is 2.11. The number of nitrogens with zero attached hydrogens (tertiary/aromatic N) is 3. The summed E-state index contributed by atoms with van der Waals surface area (Å²) >= 11 is 1.66. The van der Waals surface area contributed by atoms with Crippen LogP contribution < -0.4 is 0 Å². The van der Waals surface area contributed by atoms with Gasteiger partial charge in [-0.2, -0.15) is 0 Å². The van der Waals surface area contributed by atoms with Gasteiger partial charge in [0.2, 0.25) is 5.16 Å². The lowest BCUT2D eigenvalue weighted by Crippen LogP contribution is -1.95. The van der Waals surface area contributed by atoms with Crippen molar-refractivity contribution in [2.45, 2.75) is 18.5 Å². The molecule has 1 aromatic heterocycles. The fraction of sp³-hybridized carbons (Fsp3) is 0.167. The molecule has 0 saturated carbocycles. The molecule has 4 aromatic rings. The molecule has 0 amide bonds. The first kappa shape index (κ1) is 13.5. The van der Waals surface area contributed by atoms with Crippen LogP contribution in [0.1, 0.15) is 13.3 Å². The van der Waals surface area contributed by atoms with Gasteiger partial charge in [-0.3, -0.25) is 0 Å². The van der Waals surface area contributed by atoms with Crippen molar-refractivity contribution in [3.8, 4) is 0 Å². The van der Waals surface area contributed by atoms with Gasteiger partial charge in [0.05, 0.1) is 0 Å². The van der Waals surface area contributed by atoms with Crippen molar-refractivity contribution in [2.24, 2.45) is 0 Å². The Morgan fingerprint density at radius 3 is 2.00 bits per heavy atom. The van der Waals surface area contributed by atoms with Gasteiger partial charge in [0, 0.05) is 16.5 Å². The number of benzene rings is 3. The number of hydrogen-bond donors (Lipinski definition) is 0. The largest absolute Gasteiger partial charge is 0.219 e. The van der Waals surface area contributed by atoms with E-state index in [1.807, 2.05) is 6.07 Å². The molecule has 22 heavy (non-hydrogen) atoms. The number of rotatable bonds is 3. The maximum Gasteiger partial charge on any atom is 0.209 e. The average molecular weight is 305 g/mol. The van der Waals surface area contributed by atoms with Gasteiger partial charge in [0.1, 0.15) is 11.0 Å². The minimum Gasteiger partial charge on any atom is -0.219 e. The molecule has 0 bridgehead atoms. The normalized spacial score (nSPS) is 11.5. The fourth-order valence-corrected chi connectivity index (χ4v) is 3.42. The van der Waals surface area contributed by atoms with E-state index >= 15 is 0 Å². The van der Waals surface area contributed by atoms with Crippen LogP contribution in [0.2, 0.25) is 0 Å². The maximum absolute atomic E-state index is 4.78. The van der Waals surface area contributed by atoms with Crippen LogP contribution in [-0.4, -0.2) is 20.9 Å². The summed E-state index contributed by atoms with van der Waals surface area (Å²) in [4.78, 5) is 4.78. The van der Waals surface area contributed by atoms with Gasteiger partial charge in [-0.25, -0.2) is 4.98 Å². The third-order valence-corrected chi connectivity index (χ3v) is 4.80. The first-order valence-corrected chi connectivity index (χ1v) is 8.43. The van der Waals surface area contributed by atoms with Crippen LogP contribution in [0.25, 0.3) is 32.6 Å².